The summed E-state index contributed by atoms with van der Waals surface area (Å²) in [7, 11) is 0. The van der Waals surface area contributed by atoms with Crippen molar-refractivity contribution in [2.45, 2.75) is 6.92 Å². The van der Waals surface area contributed by atoms with Crippen LogP contribution in [-0.2, 0) is 4.74 Å². The summed E-state index contributed by atoms with van der Waals surface area (Å²) in [6.45, 7) is 2.06. The Morgan fingerprint density at radius 2 is 1.75 bits per heavy atom. The number of hydrogen-bond donors (Lipinski definition) is 0. The molecule has 0 radical (unpaired) electrons. The van der Waals surface area contributed by atoms with Crippen molar-refractivity contribution >= 4 is 17.9 Å². The predicted octanol–water partition coefficient (Wildman–Crippen LogP) is 5.68. The molecule has 3 aromatic carbocycles. The van der Waals surface area contributed by atoms with Gasteiger partial charge in [0, 0.05) is 17.8 Å². The van der Waals surface area contributed by atoms with Crippen LogP contribution in [-0.4, -0.2) is 18.8 Å². The van der Waals surface area contributed by atoms with Crippen LogP contribution in [0.5, 0.6) is 11.5 Å². The Labute approximate surface area is 161 Å². The maximum absolute atomic E-state index is 13.4. The predicted molar refractivity (Wildman–Crippen MR) is 103 cm³/mol. The molecule has 0 bridgehead atoms. The van der Waals surface area contributed by atoms with E-state index in [0.29, 0.717) is 29.2 Å². The van der Waals surface area contributed by atoms with Crippen molar-refractivity contribution in [3.8, 4) is 11.5 Å². The van der Waals surface area contributed by atoms with E-state index in [-0.39, 0.29) is 11.7 Å². The van der Waals surface area contributed by atoms with Gasteiger partial charge in [-0.05, 0) is 55.5 Å². The Morgan fingerprint density at radius 3 is 2.46 bits per heavy atom. The van der Waals surface area contributed by atoms with Gasteiger partial charge in [-0.1, -0.05) is 12.1 Å². The van der Waals surface area contributed by atoms with Crippen LogP contribution >= 0.6 is 0 Å². The Kier molecular flexibility index (Phi) is 6.11. The fourth-order valence-electron chi connectivity index (χ4n) is 2.39. The maximum atomic E-state index is 13.4. The SMILES string of the molecule is CCOC(=O)c1ccc(N=Cc2ccccc2Oc2ccc(F)c(F)c2)cc1. The zero-order chi connectivity index (χ0) is 19.9. The van der Waals surface area contributed by atoms with Gasteiger partial charge in [0.1, 0.15) is 11.5 Å². The lowest BCUT2D eigenvalue weighted by Gasteiger charge is -2.08. The van der Waals surface area contributed by atoms with Gasteiger partial charge in [0.2, 0.25) is 0 Å². The van der Waals surface area contributed by atoms with Gasteiger partial charge in [-0.15, -0.1) is 0 Å². The van der Waals surface area contributed by atoms with Crippen LogP contribution in [0.25, 0.3) is 0 Å². The van der Waals surface area contributed by atoms with Crippen LogP contribution in [0.1, 0.15) is 22.8 Å². The molecule has 0 aliphatic rings. The summed E-state index contributed by atoms with van der Waals surface area (Å²) in [5.74, 6) is -1.68. The number of nitrogens with zero attached hydrogens (tertiary/aromatic N) is 1. The lowest BCUT2D eigenvalue weighted by Crippen LogP contribution is -2.03. The first-order valence-electron chi connectivity index (χ1n) is 8.60. The van der Waals surface area contributed by atoms with Crippen LogP contribution in [0, 0.1) is 11.6 Å². The molecule has 6 heteroatoms. The highest BCUT2D eigenvalue weighted by Crippen LogP contribution is 2.26. The lowest BCUT2D eigenvalue weighted by molar-refractivity contribution is 0.0526. The Balaban J connectivity index is 1.77. The third kappa shape index (κ3) is 4.79. The number of esters is 1. The highest BCUT2D eigenvalue weighted by molar-refractivity contribution is 5.90. The number of ether oxygens (including phenoxy) is 2. The number of aliphatic imine (C=N–C) groups is 1. The summed E-state index contributed by atoms with van der Waals surface area (Å²) in [5.41, 5.74) is 1.74. The molecule has 0 spiro atoms. The molecular weight excluding hydrogens is 364 g/mol. The zero-order valence-electron chi connectivity index (χ0n) is 15.1. The van der Waals surface area contributed by atoms with Crippen molar-refractivity contribution in [3.63, 3.8) is 0 Å². The van der Waals surface area contributed by atoms with Crippen molar-refractivity contribution < 1.29 is 23.0 Å². The van der Waals surface area contributed by atoms with Crippen molar-refractivity contribution in [1.29, 1.82) is 0 Å². The molecule has 0 aromatic heterocycles. The summed E-state index contributed by atoms with van der Waals surface area (Å²) in [4.78, 5) is 16.0. The molecule has 0 saturated carbocycles. The molecule has 0 heterocycles. The average molecular weight is 381 g/mol. The lowest BCUT2D eigenvalue weighted by atomic mass is 10.2. The quantitative estimate of drug-likeness (QED) is 0.407. The molecule has 0 aliphatic heterocycles. The van der Waals surface area contributed by atoms with Crippen LogP contribution < -0.4 is 4.74 Å². The van der Waals surface area contributed by atoms with Gasteiger partial charge in [-0.3, -0.25) is 4.99 Å². The molecule has 0 saturated heterocycles. The van der Waals surface area contributed by atoms with E-state index in [2.05, 4.69) is 4.99 Å². The van der Waals surface area contributed by atoms with E-state index in [0.717, 1.165) is 12.1 Å². The zero-order valence-corrected chi connectivity index (χ0v) is 15.1. The van der Waals surface area contributed by atoms with Crippen molar-refractivity contribution in [3.05, 3.63) is 89.5 Å². The van der Waals surface area contributed by atoms with E-state index in [1.165, 1.54) is 6.07 Å². The van der Waals surface area contributed by atoms with Crippen LogP contribution in [0.15, 0.2) is 71.7 Å². The average Bonchev–Trinajstić information content (AvgIpc) is 2.71. The number of hydrogen-bond acceptors (Lipinski definition) is 4. The van der Waals surface area contributed by atoms with Gasteiger partial charge < -0.3 is 9.47 Å². The number of halogens is 2. The molecule has 28 heavy (non-hydrogen) atoms. The Hall–Kier alpha value is -3.54. The van der Waals surface area contributed by atoms with Crippen molar-refractivity contribution in [2.75, 3.05) is 6.61 Å². The monoisotopic (exact) mass is 381 g/mol. The maximum Gasteiger partial charge on any atom is 0.338 e. The van der Waals surface area contributed by atoms with E-state index in [1.807, 2.05) is 6.07 Å². The number of para-hydroxylation sites is 1. The summed E-state index contributed by atoms with van der Waals surface area (Å²) in [6, 6.07) is 17.1. The second-order valence-corrected chi connectivity index (χ2v) is 5.74. The Morgan fingerprint density at radius 1 is 1.00 bits per heavy atom. The van der Waals surface area contributed by atoms with E-state index in [9.17, 15) is 13.6 Å². The Bertz CT molecular complexity index is 1000. The molecule has 0 N–H and O–H groups in total. The number of rotatable bonds is 6. The molecule has 0 atom stereocenters. The molecule has 0 aliphatic carbocycles. The highest BCUT2D eigenvalue weighted by Gasteiger charge is 2.07. The smallest absolute Gasteiger partial charge is 0.338 e. The second kappa shape index (κ2) is 8.90. The topological polar surface area (TPSA) is 47.9 Å². The van der Waals surface area contributed by atoms with Gasteiger partial charge >= 0.3 is 5.97 Å². The van der Waals surface area contributed by atoms with Crippen molar-refractivity contribution in [1.82, 2.24) is 0 Å². The molecule has 0 amide bonds. The molecule has 3 rings (SSSR count). The third-order valence-electron chi connectivity index (χ3n) is 3.77. The first kappa shape index (κ1) is 19.2. The van der Waals surface area contributed by atoms with Gasteiger partial charge in [-0.2, -0.15) is 0 Å². The van der Waals surface area contributed by atoms with Crippen molar-refractivity contribution in [2.24, 2.45) is 4.99 Å². The van der Waals surface area contributed by atoms with Crippen LogP contribution in [0.4, 0.5) is 14.5 Å². The minimum atomic E-state index is -0.981. The second-order valence-electron chi connectivity index (χ2n) is 5.74. The summed E-state index contributed by atoms with van der Waals surface area (Å²) >= 11 is 0. The normalized spacial score (nSPS) is 10.8. The van der Waals surface area contributed by atoms with Gasteiger partial charge in [0.05, 0.1) is 17.9 Å². The highest BCUT2D eigenvalue weighted by atomic mass is 19.2. The molecule has 0 unspecified atom stereocenters. The van der Waals surface area contributed by atoms with Gasteiger partial charge in [0.25, 0.3) is 0 Å². The minimum Gasteiger partial charge on any atom is -0.462 e. The fourth-order valence-corrected chi connectivity index (χ4v) is 2.39. The summed E-state index contributed by atoms with van der Waals surface area (Å²) < 4.78 is 37.0. The third-order valence-corrected chi connectivity index (χ3v) is 3.77. The molecular formula is C22H17F2NO3. The van der Waals surface area contributed by atoms with Crippen LogP contribution in [0.2, 0.25) is 0 Å². The van der Waals surface area contributed by atoms with Gasteiger partial charge in [-0.25, -0.2) is 13.6 Å². The first-order chi connectivity index (χ1) is 13.6. The van der Waals surface area contributed by atoms with E-state index in [1.54, 1.807) is 55.6 Å². The summed E-state index contributed by atoms with van der Waals surface area (Å²) in [5, 5.41) is 0. The largest absolute Gasteiger partial charge is 0.462 e. The van der Waals surface area contributed by atoms with E-state index < -0.39 is 11.6 Å². The van der Waals surface area contributed by atoms with Crippen LogP contribution in [0.3, 0.4) is 0 Å². The fraction of sp³-hybridized carbons (Fsp3) is 0.0909. The first-order valence-corrected chi connectivity index (χ1v) is 8.60. The van der Waals surface area contributed by atoms with E-state index >= 15 is 0 Å². The molecule has 3 aromatic rings. The minimum absolute atomic E-state index is 0.179. The molecule has 0 fully saturated rings. The number of carbonyl (C=O) groups excluding carboxylic acids is 1. The number of carbonyl (C=O) groups is 1. The van der Waals surface area contributed by atoms with E-state index in [4.69, 9.17) is 9.47 Å². The standard InChI is InChI=1S/C22H17F2NO3/c1-2-27-22(26)15-7-9-17(10-8-15)25-14-16-5-3-4-6-21(16)28-18-11-12-19(23)20(24)13-18/h3-14H,2H2,1H3. The van der Waals surface area contributed by atoms with Gasteiger partial charge in [0.15, 0.2) is 11.6 Å². The number of benzene rings is 3. The molecule has 4 nitrogen and oxygen atoms in total. The summed E-state index contributed by atoms with van der Waals surface area (Å²) in [6.07, 6.45) is 1.59. The molecule has 142 valence electrons.